The maximum atomic E-state index is 10.5. The fraction of sp³-hybridized carbons (Fsp3) is 0.350. The van der Waals surface area contributed by atoms with E-state index < -0.39 is 0 Å². The molecule has 26 heavy (non-hydrogen) atoms. The van der Waals surface area contributed by atoms with Gasteiger partial charge in [-0.05, 0) is 37.8 Å². The first-order chi connectivity index (χ1) is 12.7. The molecule has 0 spiro atoms. The minimum atomic E-state index is -0.383. The fourth-order valence-corrected chi connectivity index (χ4v) is 3.67. The molecule has 0 bridgehead atoms. The van der Waals surface area contributed by atoms with Crippen molar-refractivity contribution in [3.8, 4) is 11.4 Å². The van der Waals surface area contributed by atoms with E-state index in [0.29, 0.717) is 11.7 Å². The minimum absolute atomic E-state index is 0.000651. The molecule has 1 aromatic carbocycles. The molecule has 1 saturated carbocycles. The number of aryl methyl sites for hydroxylation is 1. The van der Waals surface area contributed by atoms with Crippen molar-refractivity contribution < 1.29 is 5.11 Å². The van der Waals surface area contributed by atoms with E-state index in [-0.39, 0.29) is 12.1 Å². The van der Waals surface area contributed by atoms with Crippen molar-refractivity contribution in [1.29, 1.82) is 0 Å². The molecule has 1 fully saturated rings. The van der Waals surface area contributed by atoms with Gasteiger partial charge in [-0.1, -0.05) is 30.3 Å². The van der Waals surface area contributed by atoms with Crippen molar-refractivity contribution in [3.05, 3.63) is 60.6 Å². The molecule has 2 N–H and O–H groups in total. The molecule has 134 valence electrons. The first-order valence-electron chi connectivity index (χ1n) is 9.00. The normalized spacial score (nSPS) is 22.5. The molecule has 2 heterocycles. The Morgan fingerprint density at radius 3 is 2.73 bits per heavy atom. The Hall–Kier alpha value is -2.73. The van der Waals surface area contributed by atoms with Gasteiger partial charge in [-0.15, -0.1) is 5.10 Å². The van der Waals surface area contributed by atoms with Gasteiger partial charge in [-0.25, -0.2) is 4.98 Å². The molecule has 2 aromatic heterocycles. The van der Waals surface area contributed by atoms with Crippen LogP contribution in [0.5, 0.6) is 0 Å². The van der Waals surface area contributed by atoms with Gasteiger partial charge in [0.25, 0.3) is 0 Å². The summed E-state index contributed by atoms with van der Waals surface area (Å²) in [4.78, 5) is 4.51. The number of hydrogen-bond acceptors (Lipinski definition) is 5. The third kappa shape index (κ3) is 3.60. The first kappa shape index (κ1) is 16.7. The highest BCUT2D eigenvalue weighted by molar-refractivity contribution is 5.55. The zero-order valence-corrected chi connectivity index (χ0v) is 14.8. The van der Waals surface area contributed by atoms with E-state index in [1.165, 1.54) is 0 Å². The van der Waals surface area contributed by atoms with E-state index in [1.807, 2.05) is 49.6 Å². The average molecular weight is 349 g/mol. The standard InChI is InChI=1S/C20H23N5O/c1-14-7-8-19(24-23-14)22-17-11-15(12-18(17)26)13-25-10-9-21-20(25)16-5-3-2-4-6-16/h2-10,15,17-18,26H,11-13H2,1H3,(H,22,24)/t15?,17-,18-/m1/s1. The zero-order valence-electron chi connectivity index (χ0n) is 14.8. The van der Waals surface area contributed by atoms with Gasteiger partial charge in [0, 0.05) is 24.5 Å². The van der Waals surface area contributed by atoms with Crippen LogP contribution in [0.25, 0.3) is 11.4 Å². The van der Waals surface area contributed by atoms with Crippen molar-refractivity contribution in [2.45, 2.75) is 38.5 Å². The van der Waals surface area contributed by atoms with Crippen LogP contribution < -0.4 is 5.32 Å². The van der Waals surface area contributed by atoms with Crippen LogP contribution in [0.2, 0.25) is 0 Å². The van der Waals surface area contributed by atoms with E-state index in [0.717, 1.165) is 36.5 Å². The maximum Gasteiger partial charge on any atom is 0.148 e. The van der Waals surface area contributed by atoms with Crippen LogP contribution in [0.15, 0.2) is 54.9 Å². The second-order valence-electron chi connectivity index (χ2n) is 6.98. The number of imidazole rings is 1. The largest absolute Gasteiger partial charge is 0.391 e. The van der Waals surface area contributed by atoms with Crippen molar-refractivity contribution in [2.24, 2.45) is 5.92 Å². The van der Waals surface area contributed by atoms with Crippen molar-refractivity contribution in [3.63, 3.8) is 0 Å². The predicted molar refractivity (Wildman–Crippen MR) is 101 cm³/mol. The molecule has 0 aliphatic heterocycles. The third-order valence-corrected chi connectivity index (χ3v) is 4.96. The number of nitrogens with zero attached hydrogens (tertiary/aromatic N) is 4. The van der Waals surface area contributed by atoms with E-state index in [2.05, 4.69) is 37.2 Å². The smallest absolute Gasteiger partial charge is 0.148 e. The van der Waals surface area contributed by atoms with Gasteiger partial charge in [0.15, 0.2) is 0 Å². The zero-order chi connectivity index (χ0) is 17.9. The molecule has 1 aliphatic carbocycles. The van der Waals surface area contributed by atoms with Crippen LogP contribution in [0, 0.1) is 12.8 Å². The number of rotatable bonds is 5. The Bertz CT molecular complexity index is 846. The van der Waals surface area contributed by atoms with Crippen LogP contribution in [0.4, 0.5) is 5.82 Å². The Morgan fingerprint density at radius 2 is 1.96 bits per heavy atom. The Morgan fingerprint density at radius 1 is 1.12 bits per heavy atom. The lowest BCUT2D eigenvalue weighted by molar-refractivity contribution is 0.166. The summed E-state index contributed by atoms with van der Waals surface area (Å²) in [5.74, 6) is 2.08. The van der Waals surface area contributed by atoms with Crippen LogP contribution in [-0.4, -0.2) is 37.0 Å². The minimum Gasteiger partial charge on any atom is -0.391 e. The maximum absolute atomic E-state index is 10.5. The lowest BCUT2D eigenvalue weighted by atomic mass is 10.1. The number of hydrogen-bond donors (Lipinski definition) is 2. The highest BCUT2D eigenvalue weighted by Gasteiger charge is 2.33. The number of aliphatic hydroxyl groups excluding tert-OH is 1. The summed E-state index contributed by atoms with van der Waals surface area (Å²) in [5.41, 5.74) is 1.99. The molecule has 0 radical (unpaired) electrons. The second kappa shape index (κ2) is 7.25. The monoisotopic (exact) mass is 349 g/mol. The highest BCUT2D eigenvalue weighted by atomic mass is 16.3. The number of aromatic nitrogens is 4. The summed E-state index contributed by atoms with van der Waals surface area (Å²) in [7, 11) is 0. The summed E-state index contributed by atoms with van der Waals surface area (Å²) in [6.07, 6.45) is 5.13. The molecule has 3 aromatic rings. The molecule has 0 saturated heterocycles. The van der Waals surface area contributed by atoms with Gasteiger partial charge < -0.3 is 15.0 Å². The SMILES string of the molecule is Cc1ccc(N[C@@H]2CC(Cn3ccnc3-c3ccccc3)C[C@H]2O)nn1. The van der Waals surface area contributed by atoms with Crippen LogP contribution in [0.1, 0.15) is 18.5 Å². The lowest BCUT2D eigenvalue weighted by Crippen LogP contribution is -2.28. The molecule has 6 heteroatoms. The summed E-state index contributed by atoms with van der Waals surface area (Å²) in [5, 5.41) is 22.0. The fourth-order valence-electron chi connectivity index (χ4n) is 3.67. The summed E-state index contributed by atoms with van der Waals surface area (Å²) in [6, 6.07) is 14.0. The summed E-state index contributed by atoms with van der Waals surface area (Å²) >= 11 is 0. The second-order valence-corrected chi connectivity index (χ2v) is 6.98. The molecule has 1 unspecified atom stereocenters. The van der Waals surface area contributed by atoms with E-state index in [4.69, 9.17) is 0 Å². The first-order valence-corrected chi connectivity index (χ1v) is 9.00. The van der Waals surface area contributed by atoms with Crippen molar-refractivity contribution in [1.82, 2.24) is 19.7 Å². The Labute approximate surface area is 152 Å². The molecule has 3 atom stereocenters. The predicted octanol–water partition coefficient (Wildman–Crippen LogP) is 2.90. The molecule has 1 aliphatic rings. The van der Waals surface area contributed by atoms with Crippen molar-refractivity contribution >= 4 is 5.82 Å². The Balaban J connectivity index is 1.43. The van der Waals surface area contributed by atoms with E-state index in [1.54, 1.807) is 0 Å². The molecule has 0 amide bonds. The molecular weight excluding hydrogens is 326 g/mol. The van der Waals surface area contributed by atoms with E-state index >= 15 is 0 Å². The number of benzene rings is 1. The number of anilines is 1. The number of aliphatic hydroxyl groups is 1. The van der Waals surface area contributed by atoms with Gasteiger partial charge >= 0.3 is 0 Å². The molecular formula is C20H23N5O. The van der Waals surface area contributed by atoms with Gasteiger partial charge in [-0.3, -0.25) is 0 Å². The van der Waals surface area contributed by atoms with Crippen molar-refractivity contribution in [2.75, 3.05) is 5.32 Å². The molecule has 4 rings (SSSR count). The Kier molecular flexibility index (Phi) is 4.67. The quantitative estimate of drug-likeness (QED) is 0.741. The van der Waals surface area contributed by atoms with Gasteiger partial charge in [0.05, 0.1) is 17.8 Å². The van der Waals surface area contributed by atoms with Crippen LogP contribution in [0.3, 0.4) is 0 Å². The average Bonchev–Trinajstić information content (AvgIpc) is 3.25. The summed E-state index contributed by atoms with van der Waals surface area (Å²) in [6.45, 7) is 2.76. The van der Waals surface area contributed by atoms with Crippen LogP contribution in [-0.2, 0) is 6.54 Å². The summed E-state index contributed by atoms with van der Waals surface area (Å²) < 4.78 is 2.18. The lowest BCUT2D eigenvalue weighted by Gasteiger charge is -2.16. The molecule has 6 nitrogen and oxygen atoms in total. The van der Waals surface area contributed by atoms with Crippen LogP contribution >= 0.6 is 0 Å². The van der Waals surface area contributed by atoms with Gasteiger partial charge in [0.1, 0.15) is 11.6 Å². The van der Waals surface area contributed by atoms with E-state index in [9.17, 15) is 5.11 Å². The number of nitrogens with one attached hydrogen (secondary N) is 1. The topological polar surface area (TPSA) is 75.9 Å². The van der Waals surface area contributed by atoms with Gasteiger partial charge in [0.2, 0.25) is 0 Å². The van der Waals surface area contributed by atoms with Gasteiger partial charge in [-0.2, -0.15) is 5.10 Å². The third-order valence-electron chi connectivity index (χ3n) is 4.96. The highest BCUT2D eigenvalue weighted by Crippen LogP contribution is 2.30.